The minimum atomic E-state index is -4.50. The van der Waals surface area contributed by atoms with Crippen LogP contribution in [0.3, 0.4) is 0 Å². The molecule has 0 radical (unpaired) electrons. The van der Waals surface area contributed by atoms with Gasteiger partial charge in [0.2, 0.25) is 11.8 Å². The lowest BCUT2D eigenvalue weighted by Crippen LogP contribution is -2.33. The van der Waals surface area contributed by atoms with Gasteiger partial charge in [-0.25, -0.2) is 8.42 Å². The molecule has 1 saturated heterocycles. The molecule has 1 fully saturated rings. The molecule has 0 aliphatic carbocycles. The van der Waals surface area contributed by atoms with Crippen molar-refractivity contribution in [2.75, 3.05) is 25.2 Å². The number of amides is 2. The SMILES string of the molecule is Cc1cccc(NC(=O)[C@H]2C(=O)N(C)C[C@@H]2c2ccc(C(F)(F)F)cc2)c1S(C)(=O)=O. The lowest BCUT2D eigenvalue weighted by atomic mass is 9.87. The molecule has 31 heavy (non-hydrogen) atoms. The molecule has 0 bridgehead atoms. The first kappa shape index (κ1) is 22.8. The van der Waals surface area contributed by atoms with E-state index in [4.69, 9.17) is 0 Å². The van der Waals surface area contributed by atoms with E-state index in [1.165, 1.54) is 30.1 Å². The van der Waals surface area contributed by atoms with E-state index >= 15 is 0 Å². The molecule has 1 heterocycles. The van der Waals surface area contributed by atoms with Gasteiger partial charge in [-0.1, -0.05) is 24.3 Å². The summed E-state index contributed by atoms with van der Waals surface area (Å²) in [6, 6.07) is 8.94. The van der Waals surface area contributed by atoms with E-state index in [2.05, 4.69) is 5.32 Å². The van der Waals surface area contributed by atoms with Crippen molar-refractivity contribution < 1.29 is 31.2 Å². The van der Waals surface area contributed by atoms with Gasteiger partial charge in [0.25, 0.3) is 0 Å². The Balaban J connectivity index is 1.94. The molecule has 2 aromatic carbocycles. The Hall–Kier alpha value is -2.88. The molecule has 0 saturated carbocycles. The molecular weight excluding hydrogens is 433 g/mol. The van der Waals surface area contributed by atoms with Crippen LogP contribution in [0.4, 0.5) is 18.9 Å². The van der Waals surface area contributed by atoms with Gasteiger partial charge in [-0.15, -0.1) is 0 Å². The Morgan fingerprint density at radius 3 is 2.29 bits per heavy atom. The first-order valence-electron chi connectivity index (χ1n) is 9.33. The first-order valence-corrected chi connectivity index (χ1v) is 11.2. The molecule has 3 rings (SSSR count). The van der Waals surface area contributed by atoms with Gasteiger partial charge in [0.1, 0.15) is 5.92 Å². The minimum absolute atomic E-state index is 0.0479. The largest absolute Gasteiger partial charge is 0.416 e. The number of carbonyl (C=O) groups excluding carboxylic acids is 2. The summed E-state index contributed by atoms with van der Waals surface area (Å²) in [7, 11) is -2.16. The fourth-order valence-corrected chi connectivity index (χ4v) is 5.04. The molecular formula is C21H21F3N2O4S. The minimum Gasteiger partial charge on any atom is -0.344 e. The highest BCUT2D eigenvalue weighted by Crippen LogP contribution is 2.36. The highest BCUT2D eigenvalue weighted by atomic mass is 32.2. The molecule has 1 aliphatic heterocycles. The number of rotatable bonds is 4. The number of halogens is 3. The first-order chi connectivity index (χ1) is 14.3. The third-order valence-corrected chi connectivity index (χ3v) is 6.59. The highest BCUT2D eigenvalue weighted by molar-refractivity contribution is 7.91. The zero-order chi connectivity index (χ0) is 23.1. The Kier molecular flexibility index (Phi) is 5.88. The molecule has 10 heteroatoms. The topological polar surface area (TPSA) is 83.6 Å². The number of sulfone groups is 1. The van der Waals surface area contributed by atoms with Crippen LogP contribution in [0.1, 0.15) is 22.6 Å². The van der Waals surface area contributed by atoms with E-state index in [9.17, 15) is 31.2 Å². The zero-order valence-electron chi connectivity index (χ0n) is 17.0. The van der Waals surface area contributed by atoms with E-state index in [1.807, 2.05) is 0 Å². The van der Waals surface area contributed by atoms with Gasteiger partial charge in [0, 0.05) is 25.8 Å². The number of likely N-dealkylation sites (tertiary alicyclic amines) is 1. The van der Waals surface area contributed by atoms with Crippen LogP contribution in [0, 0.1) is 12.8 Å². The predicted octanol–water partition coefficient (Wildman–Crippen LogP) is 3.23. The van der Waals surface area contributed by atoms with Crippen molar-refractivity contribution in [3.8, 4) is 0 Å². The predicted molar refractivity (Wildman–Crippen MR) is 108 cm³/mol. The highest BCUT2D eigenvalue weighted by Gasteiger charge is 2.44. The van der Waals surface area contributed by atoms with Crippen molar-refractivity contribution in [2.24, 2.45) is 5.92 Å². The van der Waals surface area contributed by atoms with Gasteiger partial charge in [-0.3, -0.25) is 9.59 Å². The van der Waals surface area contributed by atoms with E-state index in [1.54, 1.807) is 19.1 Å². The number of alkyl halides is 3. The maximum absolute atomic E-state index is 13.0. The molecule has 0 spiro atoms. The fraction of sp³-hybridized carbons (Fsp3) is 0.333. The van der Waals surface area contributed by atoms with Crippen molar-refractivity contribution >= 4 is 27.3 Å². The van der Waals surface area contributed by atoms with E-state index in [0.717, 1.165) is 18.4 Å². The maximum Gasteiger partial charge on any atom is 0.416 e. The zero-order valence-corrected chi connectivity index (χ0v) is 17.8. The Labute approximate surface area is 178 Å². The quantitative estimate of drug-likeness (QED) is 0.719. The monoisotopic (exact) mass is 454 g/mol. The number of anilines is 1. The molecule has 6 nitrogen and oxygen atoms in total. The Bertz CT molecular complexity index is 1130. The van der Waals surface area contributed by atoms with Gasteiger partial charge < -0.3 is 10.2 Å². The van der Waals surface area contributed by atoms with Crippen molar-refractivity contribution in [2.45, 2.75) is 23.9 Å². The lowest BCUT2D eigenvalue weighted by Gasteiger charge is -2.19. The van der Waals surface area contributed by atoms with Gasteiger partial charge in [-0.05, 0) is 36.2 Å². The second kappa shape index (κ2) is 7.99. The summed E-state index contributed by atoms with van der Waals surface area (Å²) in [6.07, 6.45) is -3.48. The smallest absolute Gasteiger partial charge is 0.344 e. The number of hydrogen-bond donors (Lipinski definition) is 1. The van der Waals surface area contributed by atoms with E-state index in [-0.39, 0.29) is 17.1 Å². The summed E-state index contributed by atoms with van der Waals surface area (Å²) in [4.78, 5) is 27.0. The molecule has 2 amide bonds. The molecule has 0 unspecified atom stereocenters. The summed E-state index contributed by atoms with van der Waals surface area (Å²) in [6.45, 7) is 1.74. The van der Waals surface area contributed by atoms with Crippen LogP contribution in [-0.4, -0.2) is 45.0 Å². The molecule has 2 aromatic rings. The van der Waals surface area contributed by atoms with Crippen molar-refractivity contribution in [1.82, 2.24) is 4.90 Å². The van der Waals surface area contributed by atoms with Crippen LogP contribution < -0.4 is 5.32 Å². The third kappa shape index (κ3) is 4.58. The number of nitrogens with zero attached hydrogens (tertiary/aromatic N) is 1. The summed E-state index contributed by atoms with van der Waals surface area (Å²) >= 11 is 0. The van der Waals surface area contributed by atoms with Crippen LogP contribution in [-0.2, 0) is 25.6 Å². The Morgan fingerprint density at radius 2 is 1.74 bits per heavy atom. The number of benzene rings is 2. The lowest BCUT2D eigenvalue weighted by molar-refractivity contribution is -0.138. The van der Waals surface area contributed by atoms with E-state index < -0.39 is 45.2 Å². The molecule has 0 aromatic heterocycles. The molecule has 2 atom stereocenters. The summed E-state index contributed by atoms with van der Waals surface area (Å²) < 4.78 is 62.9. The number of hydrogen-bond acceptors (Lipinski definition) is 4. The normalized spacial score (nSPS) is 19.5. The molecule has 166 valence electrons. The summed E-state index contributed by atoms with van der Waals surface area (Å²) in [5.41, 5.74) is 0.0846. The van der Waals surface area contributed by atoms with Crippen LogP contribution in [0.25, 0.3) is 0 Å². The van der Waals surface area contributed by atoms with Crippen LogP contribution in [0.15, 0.2) is 47.4 Å². The molecule has 1 aliphatic rings. The Morgan fingerprint density at radius 1 is 1.13 bits per heavy atom. The van der Waals surface area contributed by atoms with Crippen LogP contribution in [0.2, 0.25) is 0 Å². The van der Waals surface area contributed by atoms with Gasteiger partial charge in [-0.2, -0.15) is 13.2 Å². The summed E-state index contributed by atoms with van der Waals surface area (Å²) in [5.74, 6) is -3.08. The average Bonchev–Trinajstić information content (AvgIpc) is 2.95. The molecule has 1 N–H and O–H groups in total. The van der Waals surface area contributed by atoms with Crippen molar-refractivity contribution in [3.63, 3.8) is 0 Å². The standard InChI is InChI=1S/C21H21F3N2O4S/c1-12-5-4-6-16(18(12)31(3,29)30)25-19(27)17-15(11-26(2)20(17)28)13-7-9-14(10-8-13)21(22,23)24/h4-10,15,17H,11H2,1-3H3,(H,25,27)/t15-,17+/m1/s1. The number of nitrogens with one attached hydrogen (secondary N) is 1. The maximum atomic E-state index is 13.0. The number of carbonyl (C=O) groups is 2. The van der Waals surface area contributed by atoms with E-state index in [0.29, 0.717) is 11.1 Å². The van der Waals surface area contributed by atoms with Gasteiger partial charge >= 0.3 is 6.18 Å². The van der Waals surface area contributed by atoms with Crippen LogP contribution >= 0.6 is 0 Å². The summed E-state index contributed by atoms with van der Waals surface area (Å²) in [5, 5.41) is 2.54. The number of likely N-dealkylation sites (N-methyl/N-ethyl adjacent to an activating group) is 1. The second-order valence-corrected chi connectivity index (χ2v) is 9.59. The number of aryl methyl sites for hydroxylation is 1. The third-order valence-electron chi connectivity index (χ3n) is 5.30. The average molecular weight is 454 g/mol. The van der Waals surface area contributed by atoms with Gasteiger partial charge in [0.15, 0.2) is 9.84 Å². The van der Waals surface area contributed by atoms with Crippen molar-refractivity contribution in [3.05, 3.63) is 59.2 Å². The second-order valence-electron chi connectivity index (χ2n) is 7.64. The van der Waals surface area contributed by atoms with Gasteiger partial charge in [0.05, 0.1) is 16.1 Å². The van der Waals surface area contributed by atoms with Crippen LogP contribution in [0.5, 0.6) is 0 Å². The van der Waals surface area contributed by atoms with Crippen molar-refractivity contribution in [1.29, 1.82) is 0 Å². The fourth-order valence-electron chi connectivity index (χ4n) is 3.87.